The molecule has 1 aromatic heterocycles. The van der Waals surface area contributed by atoms with Crippen LogP contribution in [0.5, 0.6) is 0 Å². The summed E-state index contributed by atoms with van der Waals surface area (Å²) in [6.07, 6.45) is 3.30. The maximum absolute atomic E-state index is 12.1. The van der Waals surface area contributed by atoms with E-state index in [0.717, 1.165) is 0 Å². The molecule has 22 heavy (non-hydrogen) atoms. The lowest BCUT2D eigenvalue weighted by molar-refractivity contribution is -0.138. The Hall–Kier alpha value is -2.42. The number of aromatic amines is 1. The van der Waals surface area contributed by atoms with Crippen molar-refractivity contribution in [3.63, 3.8) is 0 Å². The zero-order valence-electron chi connectivity index (χ0n) is 12.5. The number of amides is 2. The lowest BCUT2D eigenvalue weighted by atomic mass is 10.0. The van der Waals surface area contributed by atoms with Crippen LogP contribution in [0.15, 0.2) is 12.5 Å². The van der Waals surface area contributed by atoms with Crippen molar-refractivity contribution in [3.05, 3.63) is 18.2 Å². The fraction of sp³-hybridized carbons (Fsp3) is 0.538. The fourth-order valence-corrected chi connectivity index (χ4v) is 1.79. The molecule has 0 saturated carbocycles. The Morgan fingerprint density at radius 1 is 1.36 bits per heavy atom. The standard InChI is InChI=1S/C13H21N5O4/c1-7(2)11(13(22)16-5-10(19)20)18-12(21)9(14)3-8-4-15-6-17-8/h4,6-7,9,11H,3,5,14H2,1-2H3,(H,15,17)(H,16,22)(H,18,21)(H,19,20). The van der Waals surface area contributed by atoms with Crippen molar-refractivity contribution in [1.82, 2.24) is 20.6 Å². The van der Waals surface area contributed by atoms with Gasteiger partial charge in [0.15, 0.2) is 0 Å². The number of aromatic nitrogens is 2. The predicted molar refractivity (Wildman–Crippen MR) is 77.7 cm³/mol. The molecule has 0 radical (unpaired) electrons. The maximum atomic E-state index is 12.1. The molecule has 1 rings (SSSR count). The molecule has 2 amide bonds. The molecule has 2 unspecified atom stereocenters. The van der Waals surface area contributed by atoms with E-state index in [1.165, 1.54) is 6.33 Å². The molecule has 9 heteroatoms. The number of carboxylic acids is 1. The molecule has 2 atom stereocenters. The van der Waals surface area contributed by atoms with Crippen LogP contribution in [0.1, 0.15) is 19.5 Å². The van der Waals surface area contributed by atoms with Gasteiger partial charge in [-0.3, -0.25) is 14.4 Å². The van der Waals surface area contributed by atoms with Crippen molar-refractivity contribution in [2.24, 2.45) is 11.7 Å². The summed E-state index contributed by atoms with van der Waals surface area (Å²) < 4.78 is 0. The Balaban J connectivity index is 2.59. The van der Waals surface area contributed by atoms with Gasteiger partial charge in [-0.1, -0.05) is 13.8 Å². The maximum Gasteiger partial charge on any atom is 0.322 e. The van der Waals surface area contributed by atoms with Crippen LogP contribution < -0.4 is 16.4 Å². The van der Waals surface area contributed by atoms with Gasteiger partial charge in [0.05, 0.1) is 12.4 Å². The average Bonchev–Trinajstić information content (AvgIpc) is 2.94. The van der Waals surface area contributed by atoms with Crippen LogP contribution in [0.4, 0.5) is 0 Å². The van der Waals surface area contributed by atoms with Crippen LogP contribution in [0, 0.1) is 5.92 Å². The van der Waals surface area contributed by atoms with Crippen molar-refractivity contribution in [2.45, 2.75) is 32.4 Å². The molecule has 122 valence electrons. The van der Waals surface area contributed by atoms with E-state index in [-0.39, 0.29) is 12.3 Å². The van der Waals surface area contributed by atoms with Gasteiger partial charge in [-0.2, -0.15) is 0 Å². The number of aliphatic carboxylic acids is 1. The predicted octanol–water partition coefficient (Wildman–Crippen LogP) is -1.38. The van der Waals surface area contributed by atoms with Gasteiger partial charge < -0.3 is 26.5 Å². The van der Waals surface area contributed by atoms with Gasteiger partial charge in [-0.25, -0.2) is 4.98 Å². The highest BCUT2D eigenvalue weighted by atomic mass is 16.4. The van der Waals surface area contributed by atoms with Crippen LogP contribution in [-0.2, 0) is 20.8 Å². The third-order valence-corrected chi connectivity index (χ3v) is 2.99. The van der Waals surface area contributed by atoms with Gasteiger partial charge >= 0.3 is 5.97 Å². The smallest absolute Gasteiger partial charge is 0.322 e. The zero-order chi connectivity index (χ0) is 16.7. The van der Waals surface area contributed by atoms with Crippen molar-refractivity contribution >= 4 is 17.8 Å². The highest BCUT2D eigenvalue weighted by Crippen LogP contribution is 2.03. The molecular formula is C13H21N5O4. The third kappa shape index (κ3) is 5.52. The molecular weight excluding hydrogens is 290 g/mol. The number of nitrogens with zero attached hydrogens (tertiary/aromatic N) is 1. The van der Waals surface area contributed by atoms with E-state index in [1.54, 1.807) is 20.0 Å². The molecule has 1 aromatic rings. The van der Waals surface area contributed by atoms with Crippen LogP contribution in [0.25, 0.3) is 0 Å². The molecule has 9 nitrogen and oxygen atoms in total. The molecule has 0 aliphatic rings. The first kappa shape index (κ1) is 17.6. The fourth-order valence-electron chi connectivity index (χ4n) is 1.79. The number of nitrogens with two attached hydrogens (primary N) is 1. The van der Waals surface area contributed by atoms with E-state index in [9.17, 15) is 14.4 Å². The average molecular weight is 311 g/mol. The molecule has 0 spiro atoms. The van der Waals surface area contributed by atoms with Gasteiger partial charge in [0, 0.05) is 18.3 Å². The van der Waals surface area contributed by atoms with Crippen LogP contribution in [0.2, 0.25) is 0 Å². The number of imidazole rings is 1. The molecule has 6 N–H and O–H groups in total. The number of rotatable bonds is 8. The number of carbonyl (C=O) groups is 3. The minimum absolute atomic E-state index is 0.211. The van der Waals surface area contributed by atoms with Gasteiger partial charge in [0.1, 0.15) is 12.6 Å². The number of carbonyl (C=O) groups excluding carboxylic acids is 2. The van der Waals surface area contributed by atoms with Crippen molar-refractivity contribution in [3.8, 4) is 0 Å². The zero-order valence-corrected chi connectivity index (χ0v) is 12.5. The summed E-state index contributed by atoms with van der Waals surface area (Å²) in [6.45, 7) is 2.98. The van der Waals surface area contributed by atoms with Crippen LogP contribution in [0.3, 0.4) is 0 Å². The summed E-state index contributed by atoms with van der Waals surface area (Å²) >= 11 is 0. The second kappa shape index (κ2) is 8.13. The van der Waals surface area contributed by atoms with Crippen molar-refractivity contribution < 1.29 is 19.5 Å². The summed E-state index contributed by atoms with van der Waals surface area (Å²) in [7, 11) is 0. The number of hydrogen-bond acceptors (Lipinski definition) is 5. The first-order valence-electron chi connectivity index (χ1n) is 6.84. The molecule has 0 saturated heterocycles. The van der Waals surface area contributed by atoms with Crippen molar-refractivity contribution in [2.75, 3.05) is 6.54 Å². The SMILES string of the molecule is CC(C)C(NC(=O)C(N)Cc1cnc[nH]1)C(=O)NCC(=O)O. The number of hydrogen-bond donors (Lipinski definition) is 5. The molecule has 0 fully saturated rings. The minimum Gasteiger partial charge on any atom is -0.480 e. The normalized spacial score (nSPS) is 13.5. The highest BCUT2D eigenvalue weighted by molar-refractivity contribution is 5.91. The monoisotopic (exact) mass is 311 g/mol. The summed E-state index contributed by atoms with van der Waals surface area (Å²) in [5, 5.41) is 13.4. The Bertz CT molecular complexity index is 515. The summed E-state index contributed by atoms with van der Waals surface area (Å²) in [6, 6.07) is -1.69. The largest absolute Gasteiger partial charge is 0.480 e. The van der Waals surface area contributed by atoms with Crippen LogP contribution >= 0.6 is 0 Å². The molecule has 0 aliphatic carbocycles. The Kier molecular flexibility index (Phi) is 6.51. The van der Waals surface area contributed by atoms with Gasteiger partial charge in [-0.15, -0.1) is 0 Å². The van der Waals surface area contributed by atoms with Gasteiger partial charge in [0.25, 0.3) is 0 Å². The Labute approximate surface area is 127 Å². The molecule has 0 bridgehead atoms. The third-order valence-electron chi connectivity index (χ3n) is 2.99. The number of nitrogens with one attached hydrogen (secondary N) is 3. The van der Waals surface area contributed by atoms with E-state index in [2.05, 4.69) is 20.6 Å². The van der Waals surface area contributed by atoms with Gasteiger partial charge in [-0.05, 0) is 5.92 Å². The Morgan fingerprint density at radius 3 is 2.55 bits per heavy atom. The summed E-state index contributed by atoms with van der Waals surface area (Å²) in [5.74, 6) is -2.41. The van der Waals surface area contributed by atoms with Crippen molar-refractivity contribution in [1.29, 1.82) is 0 Å². The number of H-pyrrole nitrogens is 1. The van der Waals surface area contributed by atoms with Gasteiger partial charge in [0.2, 0.25) is 11.8 Å². The summed E-state index contributed by atoms with van der Waals surface area (Å²) in [4.78, 5) is 41.1. The first-order chi connectivity index (χ1) is 10.3. The van der Waals surface area contributed by atoms with Crippen LogP contribution in [-0.4, -0.2) is 51.5 Å². The molecule has 0 aliphatic heterocycles. The first-order valence-corrected chi connectivity index (χ1v) is 6.84. The molecule has 0 aromatic carbocycles. The Morgan fingerprint density at radius 2 is 2.05 bits per heavy atom. The summed E-state index contributed by atoms with van der Waals surface area (Å²) in [5.41, 5.74) is 6.50. The topological polar surface area (TPSA) is 150 Å². The quantitative estimate of drug-likeness (QED) is 0.399. The second-order valence-electron chi connectivity index (χ2n) is 5.23. The second-order valence-corrected chi connectivity index (χ2v) is 5.23. The lowest BCUT2D eigenvalue weighted by Gasteiger charge is -2.23. The van der Waals surface area contributed by atoms with E-state index in [0.29, 0.717) is 5.69 Å². The highest BCUT2D eigenvalue weighted by Gasteiger charge is 2.26. The van der Waals surface area contributed by atoms with E-state index in [4.69, 9.17) is 10.8 Å². The molecule has 1 heterocycles. The minimum atomic E-state index is -1.15. The van der Waals surface area contributed by atoms with E-state index in [1.807, 2.05) is 0 Å². The van der Waals surface area contributed by atoms with E-state index >= 15 is 0 Å². The number of carboxylic acid groups (broad SMARTS) is 1. The van der Waals surface area contributed by atoms with E-state index < -0.39 is 36.4 Å². The lowest BCUT2D eigenvalue weighted by Crippen LogP contribution is -2.54.